The molecule has 0 spiro atoms. The number of nitrogens with zero attached hydrogens (tertiary/aromatic N) is 5. The van der Waals surface area contributed by atoms with Crippen LogP contribution in [-0.2, 0) is 32.6 Å². The van der Waals surface area contributed by atoms with Gasteiger partial charge in [-0.25, -0.2) is 9.48 Å². The van der Waals surface area contributed by atoms with Gasteiger partial charge in [0.25, 0.3) is 0 Å². The van der Waals surface area contributed by atoms with Crippen molar-refractivity contribution in [3.8, 4) is 0 Å². The van der Waals surface area contributed by atoms with Gasteiger partial charge >= 0.3 is 13.7 Å². The Morgan fingerprint density at radius 2 is 1.89 bits per heavy atom. The van der Waals surface area contributed by atoms with E-state index in [4.69, 9.17) is 39.6 Å². The zero-order chi connectivity index (χ0) is 31.9. The molecule has 2 aliphatic heterocycles. The van der Waals surface area contributed by atoms with Gasteiger partial charge in [-0.2, -0.15) is 26.8 Å². The van der Waals surface area contributed by atoms with Crippen molar-refractivity contribution < 1.29 is 42.5 Å². The van der Waals surface area contributed by atoms with Crippen molar-refractivity contribution in [2.75, 3.05) is 36.7 Å². The summed E-state index contributed by atoms with van der Waals surface area (Å²) < 4.78 is 52.1. The summed E-state index contributed by atoms with van der Waals surface area (Å²) in [6, 6.07) is -0.217. The third-order valence-electron chi connectivity index (χ3n) is 8.04. The van der Waals surface area contributed by atoms with Crippen LogP contribution in [0.25, 0.3) is 11.0 Å². The number of halogens is 1. The summed E-state index contributed by atoms with van der Waals surface area (Å²) in [6.45, 7) is 9.23. The minimum absolute atomic E-state index is 0.00698. The number of fused-ring (bicyclic) bond motifs is 2. The Kier molecular flexibility index (Phi) is 10.2. The summed E-state index contributed by atoms with van der Waals surface area (Å²) in [7, 11) is -3.67. The van der Waals surface area contributed by atoms with Crippen molar-refractivity contribution in [1.29, 1.82) is 0 Å². The number of hydrogen-bond donors (Lipinski definition) is 1. The maximum atomic E-state index is 13.9. The van der Waals surface area contributed by atoms with E-state index in [0.29, 0.717) is 16.8 Å². The fraction of sp³-hybridized carbons (Fsp3) is 0.778. The first kappa shape index (κ1) is 33.8. The van der Waals surface area contributed by atoms with Crippen molar-refractivity contribution >= 4 is 53.9 Å². The second kappa shape index (κ2) is 13.3. The second-order valence-electron chi connectivity index (χ2n) is 11.6. The molecule has 1 aliphatic carbocycles. The number of rotatable bonds is 13. The Morgan fingerprint density at radius 3 is 2.50 bits per heavy atom. The molecule has 0 bridgehead atoms. The molecule has 1 N–H and O–H groups in total. The monoisotopic (exact) mass is 677 g/mol. The topological polar surface area (TPSA) is 157 Å². The number of aromatic nitrogens is 4. The highest BCUT2D eigenvalue weighted by molar-refractivity contribution is 7.99. The highest BCUT2D eigenvalue weighted by atomic mass is 35.5. The number of amides is 1. The third-order valence-corrected chi connectivity index (χ3v) is 11.9. The first-order chi connectivity index (χ1) is 20.9. The molecule has 1 amide bonds. The van der Waals surface area contributed by atoms with Gasteiger partial charge in [0.05, 0.1) is 31.4 Å². The number of hydrogen-bond acceptors (Lipinski definition) is 12. The molecule has 5 atom stereocenters. The molecule has 2 aromatic rings. The average molecular weight is 678 g/mol. The smallest absolute Gasteiger partial charge is 0.413 e. The molecular weight excluding hydrogens is 637 g/mol. The second-order valence-corrected chi connectivity index (χ2v) is 15.3. The van der Waals surface area contributed by atoms with E-state index in [2.05, 4.69) is 15.1 Å². The molecule has 0 aromatic carbocycles. The van der Waals surface area contributed by atoms with Crippen LogP contribution in [0.3, 0.4) is 0 Å². The van der Waals surface area contributed by atoms with E-state index in [0.717, 1.165) is 25.7 Å². The van der Waals surface area contributed by atoms with Gasteiger partial charge in [0.2, 0.25) is 5.28 Å². The minimum Gasteiger partial charge on any atom is -0.465 e. The molecule has 1 saturated carbocycles. The van der Waals surface area contributed by atoms with Crippen LogP contribution in [0, 0.1) is 0 Å². The maximum Gasteiger partial charge on any atom is 0.413 e. The van der Waals surface area contributed by atoms with Gasteiger partial charge in [0.1, 0.15) is 18.3 Å². The Balaban J connectivity index is 1.47. The molecule has 3 aliphatic rings. The van der Waals surface area contributed by atoms with E-state index in [1.54, 1.807) is 34.6 Å². The lowest BCUT2D eigenvalue weighted by atomic mass is 10.1. The van der Waals surface area contributed by atoms with Gasteiger partial charge in [-0.1, -0.05) is 12.8 Å². The Hall–Kier alpha value is -1.55. The molecule has 3 fully saturated rings. The Labute approximate surface area is 265 Å². The molecule has 5 rings (SSSR count). The van der Waals surface area contributed by atoms with Gasteiger partial charge in [0, 0.05) is 11.8 Å². The maximum absolute atomic E-state index is 13.9. The van der Waals surface area contributed by atoms with Crippen LogP contribution in [0.1, 0.15) is 66.5 Å². The van der Waals surface area contributed by atoms with Crippen molar-refractivity contribution in [2.24, 2.45) is 0 Å². The molecule has 2 saturated heterocycles. The number of thioether (sulfide) groups is 1. The lowest BCUT2D eigenvalue weighted by molar-refractivity contribution is -0.205. The molecule has 1 unspecified atom stereocenters. The summed E-state index contributed by atoms with van der Waals surface area (Å²) >= 11 is 7.84. The van der Waals surface area contributed by atoms with Crippen LogP contribution in [-0.4, -0.2) is 98.3 Å². The van der Waals surface area contributed by atoms with Crippen LogP contribution >= 0.6 is 31.0 Å². The van der Waals surface area contributed by atoms with Crippen molar-refractivity contribution in [1.82, 2.24) is 19.7 Å². The summed E-state index contributed by atoms with van der Waals surface area (Å²) in [5, 5.41) is 13.7. The van der Waals surface area contributed by atoms with Crippen molar-refractivity contribution in [3.05, 3.63) is 11.5 Å². The first-order valence-corrected chi connectivity index (χ1v) is 18.1. The number of ether oxygens (including phenoxy) is 4. The normalized spacial score (nSPS) is 26.7. The lowest BCUT2D eigenvalue weighted by Gasteiger charge is -2.36. The number of carbonyl (C=O) groups is 1. The molecule has 17 heteroatoms. The highest BCUT2D eigenvalue weighted by Gasteiger charge is 2.58. The van der Waals surface area contributed by atoms with Crippen molar-refractivity contribution in [3.63, 3.8) is 0 Å². The first-order valence-electron chi connectivity index (χ1n) is 14.8. The quantitative estimate of drug-likeness (QED) is 0.204. The molecule has 0 radical (unpaired) electrons. The summed E-state index contributed by atoms with van der Waals surface area (Å²) in [6.07, 6.45) is 2.95. The average Bonchev–Trinajstić information content (AvgIpc) is 3.72. The predicted molar refractivity (Wildman–Crippen MR) is 164 cm³/mol. The summed E-state index contributed by atoms with van der Waals surface area (Å²) in [5.41, 5.74) is 0.298. The van der Waals surface area contributed by atoms with Crippen LogP contribution in [0.4, 0.5) is 10.6 Å². The third kappa shape index (κ3) is 6.37. The largest absolute Gasteiger partial charge is 0.465 e. The van der Waals surface area contributed by atoms with E-state index in [9.17, 15) is 14.5 Å². The van der Waals surface area contributed by atoms with E-state index >= 15 is 0 Å². The van der Waals surface area contributed by atoms with Crippen LogP contribution in [0.5, 0.6) is 0 Å². The van der Waals surface area contributed by atoms with Crippen LogP contribution in [0.2, 0.25) is 5.28 Å². The van der Waals surface area contributed by atoms with Gasteiger partial charge in [-0.3, -0.25) is 9.46 Å². The number of carboxylic acid groups (broad SMARTS) is 1. The zero-order valence-electron chi connectivity index (χ0n) is 25.8. The van der Waals surface area contributed by atoms with Crippen LogP contribution in [0.15, 0.2) is 6.20 Å². The SMILES string of the molecule is CCOP(=O)(OCC)C(C)(CSC)OC[C@H]1O[C@@H](n2ncc3c(N(C(=O)O)C4CCCC4)nc(Cl)nc32)[C@@H]2OC(C)(C)O[C@@H]21. The molecule has 2 aromatic heterocycles. The molecular formula is C27H41ClN5O9PS. The van der Waals surface area contributed by atoms with Gasteiger partial charge in [-0.15, -0.1) is 0 Å². The fourth-order valence-electron chi connectivity index (χ4n) is 6.21. The van der Waals surface area contributed by atoms with Crippen LogP contribution < -0.4 is 4.90 Å². The summed E-state index contributed by atoms with van der Waals surface area (Å²) in [4.78, 5) is 22.4. The minimum atomic E-state index is -3.67. The Bertz CT molecular complexity index is 1380. The molecule has 14 nitrogen and oxygen atoms in total. The van der Waals surface area contributed by atoms with E-state index in [1.165, 1.54) is 27.5 Å². The number of anilines is 1. The van der Waals surface area contributed by atoms with Crippen molar-refractivity contribution in [2.45, 2.75) is 102 Å². The van der Waals surface area contributed by atoms with E-state index in [1.807, 2.05) is 6.26 Å². The zero-order valence-corrected chi connectivity index (χ0v) is 28.3. The van der Waals surface area contributed by atoms with Gasteiger partial charge in [0.15, 0.2) is 28.8 Å². The predicted octanol–water partition coefficient (Wildman–Crippen LogP) is 5.69. The Morgan fingerprint density at radius 1 is 1.23 bits per heavy atom. The molecule has 44 heavy (non-hydrogen) atoms. The molecule has 246 valence electrons. The lowest BCUT2D eigenvalue weighted by Crippen LogP contribution is -2.40. The standard InChI is InChI=1S/C27H41ClN5O9PS/c1-7-38-43(36,39-8-2)27(5,15-44-6)37-14-18-19-20(42-26(3,4)41-19)23(40-18)33-22-17(13-29-33)21(30-24(28)31-22)32(25(34)35)16-11-9-10-12-16/h13,16,18-20,23H,7-12,14-15H2,1-6H3,(H,34,35)/t18-,19-,20-,23-,27?/m1/s1. The highest BCUT2D eigenvalue weighted by Crippen LogP contribution is 2.61. The van der Waals surface area contributed by atoms with E-state index in [-0.39, 0.29) is 37.0 Å². The van der Waals surface area contributed by atoms with E-state index < -0.39 is 49.4 Å². The summed E-state index contributed by atoms with van der Waals surface area (Å²) in [5.74, 6) is -0.409. The van der Waals surface area contributed by atoms with Gasteiger partial charge in [-0.05, 0) is 65.3 Å². The fourth-order valence-corrected chi connectivity index (χ4v) is 9.54. The van der Waals surface area contributed by atoms with Gasteiger partial charge < -0.3 is 33.1 Å². The molecule has 4 heterocycles.